The highest BCUT2D eigenvalue weighted by molar-refractivity contribution is 5.96. The van der Waals surface area contributed by atoms with Crippen LogP contribution in [0.15, 0.2) is 25.0 Å². The molecule has 1 aliphatic carbocycles. The van der Waals surface area contributed by atoms with Crippen molar-refractivity contribution in [1.82, 2.24) is 9.88 Å². The number of rotatable bonds is 4. The predicted molar refractivity (Wildman–Crippen MR) is 72.7 cm³/mol. The summed E-state index contributed by atoms with van der Waals surface area (Å²) in [5.74, 6) is -0.494. The van der Waals surface area contributed by atoms with Crippen LogP contribution >= 0.6 is 0 Å². The summed E-state index contributed by atoms with van der Waals surface area (Å²) in [6.07, 6.45) is 7.78. The molecule has 1 aromatic rings. The van der Waals surface area contributed by atoms with Gasteiger partial charge in [-0.2, -0.15) is 0 Å². The molecule has 1 aromatic heterocycles. The van der Waals surface area contributed by atoms with Crippen molar-refractivity contribution in [1.29, 1.82) is 0 Å². The molecule has 0 atom stereocenters. The van der Waals surface area contributed by atoms with Crippen LogP contribution in [0.5, 0.6) is 0 Å². The van der Waals surface area contributed by atoms with E-state index in [2.05, 4.69) is 16.9 Å². The van der Waals surface area contributed by atoms with Gasteiger partial charge in [-0.3, -0.25) is 14.6 Å². The average molecular weight is 259 g/mol. The molecule has 0 unspecified atom stereocenters. The number of nitrogens with zero attached hydrogens (tertiary/aromatic N) is 2. The first-order chi connectivity index (χ1) is 9.11. The standard InChI is InChI=1S/C14H17N3O2/c1-3-14(19)17(2)9-13(18)16-12-8-15-7-10-5-4-6-11(10)12/h3,7-8H,1,4-6,9H2,2H3,(H,16,18). The first-order valence-corrected chi connectivity index (χ1v) is 6.25. The summed E-state index contributed by atoms with van der Waals surface area (Å²) in [6, 6.07) is 0. The first-order valence-electron chi connectivity index (χ1n) is 6.25. The van der Waals surface area contributed by atoms with Gasteiger partial charge in [-0.15, -0.1) is 0 Å². The minimum Gasteiger partial charge on any atom is -0.333 e. The molecule has 0 spiro atoms. The molecule has 100 valence electrons. The molecule has 0 radical (unpaired) electrons. The molecule has 0 fully saturated rings. The Hall–Kier alpha value is -2.17. The van der Waals surface area contributed by atoms with Crippen molar-refractivity contribution in [3.05, 3.63) is 36.2 Å². The number of aryl methyl sites for hydroxylation is 1. The summed E-state index contributed by atoms with van der Waals surface area (Å²) >= 11 is 0. The number of carbonyl (C=O) groups excluding carboxylic acids is 2. The van der Waals surface area contributed by atoms with Crippen LogP contribution < -0.4 is 5.32 Å². The topological polar surface area (TPSA) is 62.3 Å². The highest BCUT2D eigenvalue weighted by Crippen LogP contribution is 2.27. The van der Waals surface area contributed by atoms with Gasteiger partial charge in [0.1, 0.15) is 0 Å². The zero-order chi connectivity index (χ0) is 13.8. The van der Waals surface area contributed by atoms with Gasteiger partial charge < -0.3 is 10.2 Å². The fourth-order valence-electron chi connectivity index (χ4n) is 2.24. The van der Waals surface area contributed by atoms with Crippen molar-refractivity contribution >= 4 is 17.5 Å². The lowest BCUT2D eigenvalue weighted by Gasteiger charge is -2.15. The maximum atomic E-state index is 11.9. The van der Waals surface area contributed by atoms with Crippen LogP contribution in [-0.2, 0) is 22.4 Å². The number of likely N-dealkylation sites (N-methyl/N-ethyl adjacent to an activating group) is 1. The molecule has 1 N–H and O–H groups in total. The fourth-order valence-corrected chi connectivity index (χ4v) is 2.24. The number of nitrogens with one attached hydrogen (secondary N) is 1. The smallest absolute Gasteiger partial charge is 0.246 e. The first kappa shape index (κ1) is 13.3. The highest BCUT2D eigenvalue weighted by Gasteiger charge is 2.17. The van der Waals surface area contributed by atoms with E-state index in [0.29, 0.717) is 0 Å². The quantitative estimate of drug-likeness (QED) is 0.825. The van der Waals surface area contributed by atoms with E-state index >= 15 is 0 Å². The van der Waals surface area contributed by atoms with Crippen molar-refractivity contribution < 1.29 is 9.59 Å². The Bertz CT molecular complexity index is 525. The Kier molecular flexibility index (Phi) is 3.94. The Morgan fingerprint density at radius 2 is 2.26 bits per heavy atom. The van der Waals surface area contributed by atoms with Gasteiger partial charge in [0.2, 0.25) is 11.8 Å². The molecule has 19 heavy (non-hydrogen) atoms. The Labute approximate surface area is 112 Å². The number of aromatic nitrogens is 1. The van der Waals surface area contributed by atoms with Gasteiger partial charge in [0, 0.05) is 13.2 Å². The fraction of sp³-hybridized carbons (Fsp3) is 0.357. The molecule has 0 saturated heterocycles. The van der Waals surface area contributed by atoms with E-state index in [1.807, 2.05) is 6.20 Å². The number of pyridine rings is 1. The molecule has 2 rings (SSSR count). The molecule has 1 heterocycles. The van der Waals surface area contributed by atoms with Crippen molar-refractivity contribution in [2.24, 2.45) is 0 Å². The number of hydrogen-bond donors (Lipinski definition) is 1. The van der Waals surface area contributed by atoms with E-state index in [9.17, 15) is 9.59 Å². The number of fused-ring (bicyclic) bond motifs is 1. The summed E-state index contributed by atoms with van der Waals surface area (Å²) in [5, 5.41) is 2.82. The van der Waals surface area contributed by atoms with E-state index in [1.54, 1.807) is 13.2 Å². The van der Waals surface area contributed by atoms with Crippen LogP contribution in [0.2, 0.25) is 0 Å². The second-order valence-corrected chi connectivity index (χ2v) is 4.62. The van der Waals surface area contributed by atoms with Crippen LogP contribution in [0.4, 0.5) is 5.69 Å². The number of carbonyl (C=O) groups is 2. The number of anilines is 1. The van der Waals surface area contributed by atoms with Crippen LogP contribution in [0.3, 0.4) is 0 Å². The third kappa shape index (κ3) is 2.99. The monoisotopic (exact) mass is 259 g/mol. The van der Waals surface area contributed by atoms with Gasteiger partial charge in [0.15, 0.2) is 0 Å². The van der Waals surface area contributed by atoms with Gasteiger partial charge in [0.25, 0.3) is 0 Å². The van der Waals surface area contributed by atoms with Crippen LogP contribution in [-0.4, -0.2) is 35.3 Å². The largest absolute Gasteiger partial charge is 0.333 e. The van der Waals surface area contributed by atoms with Gasteiger partial charge in [-0.25, -0.2) is 0 Å². The average Bonchev–Trinajstić information content (AvgIpc) is 2.87. The Balaban J connectivity index is 2.02. The summed E-state index contributed by atoms with van der Waals surface area (Å²) in [6.45, 7) is 3.40. The molecule has 5 nitrogen and oxygen atoms in total. The SMILES string of the molecule is C=CC(=O)N(C)CC(=O)Nc1cncc2c1CCC2. The lowest BCUT2D eigenvalue weighted by Crippen LogP contribution is -2.34. The second-order valence-electron chi connectivity index (χ2n) is 4.62. The summed E-state index contributed by atoms with van der Waals surface area (Å²) in [4.78, 5) is 28.6. The van der Waals surface area contributed by atoms with E-state index in [1.165, 1.54) is 22.1 Å². The molecule has 1 aliphatic rings. The van der Waals surface area contributed by atoms with Crippen LogP contribution in [0.25, 0.3) is 0 Å². The minimum atomic E-state index is -0.272. The number of hydrogen-bond acceptors (Lipinski definition) is 3. The predicted octanol–water partition coefficient (Wildman–Crippen LogP) is 1.15. The second kappa shape index (κ2) is 5.65. The van der Waals surface area contributed by atoms with Gasteiger partial charge in [0.05, 0.1) is 18.4 Å². The highest BCUT2D eigenvalue weighted by atomic mass is 16.2. The lowest BCUT2D eigenvalue weighted by molar-refractivity contribution is -0.129. The molecule has 2 amide bonds. The molecule has 0 aromatic carbocycles. The zero-order valence-corrected chi connectivity index (χ0v) is 11.0. The maximum absolute atomic E-state index is 11.9. The van der Waals surface area contributed by atoms with Crippen molar-refractivity contribution in [3.8, 4) is 0 Å². The summed E-state index contributed by atoms with van der Waals surface area (Å²) in [5.41, 5.74) is 3.13. The lowest BCUT2D eigenvalue weighted by atomic mass is 10.1. The third-order valence-electron chi connectivity index (χ3n) is 3.23. The van der Waals surface area contributed by atoms with E-state index < -0.39 is 0 Å². The summed E-state index contributed by atoms with van der Waals surface area (Å²) < 4.78 is 0. The van der Waals surface area contributed by atoms with E-state index in [-0.39, 0.29) is 18.4 Å². The van der Waals surface area contributed by atoms with E-state index in [4.69, 9.17) is 0 Å². The zero-order valence-electron chi connectivity index (χ0n) is 11.0. The van der Waals surface area contributed by atoms with Crippen LogP contribution in [0, 0.1) is 0 Å². The van der Waals surface area contributed by atoms with Crippen LogP contribution in [0.1, 0.15) is 17.5 Å². The Morgan fingerprint density at radius 1 is 1.47 bits per heavy atom. The van der Waals surface area contributed by atoms with Crippen molar-refractivity contribution in [2.75, 3.05) is 18.9 Å². The van der Waals surface area contributed by atoms with Crippen molar-refractivity contribution in [2.45, 2.75) is 19.3 Å². The molecule has 0 saturated carbocycles. The molecular formula is C14H17N3O2. The molecule has 0 aliphatic heterocycles. The Morgan fingerprint density at radius 3 is 3.00 bits per heavy atom. The van der Waals surface area contributed by atoms with Gasteiger partial charge >= 0.3 is 0 Å². The molecule has 5 heteroatoms. The van der Waals surface area contributed by atoms with Gasteiger partial charge in [-0.1, -0.05) is 6.58 Å². The molecular weight excluding hydrogens is 242 g/mol. The van der Waals surface area contributed by atoms with E-state index in [0.717, 1.165) is 24.9 Å². The molecule has 0 bridgehead atoms. The van der Waals surface area contributed by atoms with Gasteiger partial charge in [-0.05, 0) is 36.5 Å². The maximum Gasteiger partial charge on any atom is 0.246 e. The number of amides is 2. The third-order valence-corrected chi connectivity index (χ3v) is 3.23. The van der Waals surface area contributed by atoms with Crippen molar-refractivity contribution in [3.63, 3.8) is 0 Å². The summed E-state index contributed by atoms with van der Waals surface area (Å²) in [7, 11) is 1.57. The minimum absolute atomic E-state index is 0.00845. The normalized spacial score (nSPS) is 12.7.